The van der Waals surface area contributed by atoms with Crippen molar-refractivity contribution in [3.05, 3.63) is 92.8 Å². The summed E-state index contributed by atoms with van der Waals surface area (Å²) >= 11 is 1.67. The summed E-state index contributed by atoms with van der Waals surface area (Å²) in [6, 6.07) is 18.9. The van der Waals surface area contributed by atoms with Crippen LogP contribution in [0.2, 0.25) is 0 Å². The number of rotatable bonds is 4. The number of carbonyl (C=O) groups excluding carboxylic acids is 1. The summed E-state index contributed by atoms with van der Waals surface area (Å²) in [4.78, 5) is 41.6. The van der Waals surface area contributed by atoms with Gasteiger partial charge in [-0.05, 0) is 24.6 Å². The van der Waals surface area contributed by atoms with E-state index < -0.39 is 17.8 Å². The van der Waals surface area contributed by atoms with Gasteiger partial charge in [0.05, 0.1) is 11.7 Å². The molecule has 0 saturated heterocycles. The number of hydrogen-bond acceptors (Lipinski definition) is 5. The third kappa shape index (κ3) is 3.80. The largest absolute Gasteiger partial charge is 0.331 e. The van der Waals surface area contributed by atoms with Crippen molar-refractivity contribution in [3.8, 4) is 6.07 Å². The molecule has 31 heavy (non-hydrogen) atoms. The topological polar surface area (TPSA) is 88.1 Å². The zero-order valence-electron chi connectivity index (χ0n) is 16.9. The maximum absolute atomic E-state index is 13.5. The first-order valence-corrected chi connectivity index (χ1v) is 10.9. The average Bonchev–Trinajstić information content (AvgIpc) is 2.81. The summed E-state index contributed by atoms with van der Waals surface area (Å²) in [6.07, 6.45) is 1.24. The lowest BCUT2D eigenvalue weighted by Crippen LogP contribution is -2.47. The molecule has 1 unspecified atom stereocenters. The number of anilines is 1. The van der Waals surface area contributed by atoms with Crippen LogP contribution < -0.4 is 16.1 Å². The Morgan fingerprint density at radius 3 is 2.55 bits per heavy atom. The van der Waals surface area contributed by atoms with Gasteiger partial charge in [-0.2, -0.15) is 5.26 Å². The first-order chi connectivity index (χ1) is 15.0. The maximum atomic E-state index is 13.5. The van der Waals surface area contributed by atoms with E-state index >= 15 is 0 Å². The van der Waals surface area contributed by atoms with Crippen LogP contribution >= 0.6 is 11.8 Å². The second-order valence-electron chi connectivity index (χ2n) is 7.08. The summed E-state index contributed by atoms with van der Waals surface area (Å²) in [7, 11) is 0. The van der Waals surface area contributed by atoms with Gasteiger partial charge in [-0.25, -0.2) is 9.36 Å². The molecule has 156 valence electrons. The van der Waals surface area contributed by atoms with Crippen molar-refractivity contribution in [2.45, 2.75) is 31.0 Å². The van der Waals surface area contributed by atoms with Crippen molar-refractivity contribution >= 4 is 23.4 Å². The molecule has 0 fully saturated rings. The van der Waals surface area contributed by atoms with Crippen LogP contribution in [0.3, 0.4) is 0 Å². The lowest BCUT2D eigenvalue weighted by Gasteiger charge is -2.37. The van der Waals surface area contributed by atoms with E-state index in [1.165, 1.54) is 10.8 Å². The molecule has 1 aliphatic rings. The fraction of sp³-hybridized carbons (Fsp3) is 0.217. The van der Waals surface area contributed by atoms with Crippen LogP contribution in [0.15, 0.2) is 75.3 Å². The molecule has 0 saturated carbocycles. The van der Waals surface area contributed by atoms with E-state index in [1.807, 2.05) is 60.7 Å². The molecule has 0 aliphatic carbocycles. The zero-order chi connectivity index (χ0) is 22.0. The van der Waals surface area contributed by atoms with Crippen molar-refractivity contribution in [3.63, 3.8) is 0 Å². The van der Waals surface area contributed by atoms with Crippen LogP contribution in [0.1, 0.15) is 24.1 Å². The van der Waals surface area contributed by atoms with E-state index in [2.05, 4.69) is 0 Å². The van der Waals surface area contributed by atoms with Gasteiger partial charge in [-0.3, -0.25) is 14.2 Å². The van der Waals surface area contributed by atoms with Gasteiger partial charge in [0.2, 0.25) is 5.91 Å². The Hall–Kier alpha value is -3.57. The van der Waals surface area contributed by atoms with Gasteiger partial charge in [0.25, 0.3) is 5.56 Å². The summed E-state index contributed by atoms with van der Waals surface area (Å²) in [5, 5.41) is 9.28. The summed E-state index contributed by atoms with van der Waals surface area (Å²) in [5.41, 5.74) is 0.209. The number of nitriles is 1. The van der Waals surface area contributed by atoms with Gasteiger partial charge in [-0.15, -0.1) is 11.8 Å². The fourth-order valence-corrected chi connectivity index (χ4v) is 4.89. The predicted octanol–water partition coefficient (Wildman–Crippen LogP) is 2.78. The Kier molecular flexibility index (Phi) is 5.78. The molecule has 4 rings (SSSR count). The Balaban J connectivity index is 1.80. The van der Waals surface area contributed by atoms with E-state index in [0.29, 0.717) is 5.75 Å². The van der Waals surface area contributed by atoms with Crippen LogP contribution in [0.5, 0.6) is 0 Å². The molecular weight excluding hydrogens is 412 g/mol. The van der Waals surface area contributed by atoms with Crippen LogP contribution in [-0.2, 0) is 17.9 Å². The molecule has 2 heterocycles. The molecule has 1 aliphatic heterocycles. The molecule has 0 N–H and O–H groups in total. The number of para-hydroxylation sites is 1. The molecule has 0 spiro atoms. The fourth-order valence-electron chi connectivity index (χ4n) is 3.73. The summed E-state index contributed by atoms with van der Waals surface area (Å²) < 4.78 is 2.12. The second kappa shape index (κ2) is 8.66. The van der Waals surface area contributed by atoms with Crippen molar-refractivity contribution in [1.82, 2.24) is 9.13 Å². The molecule has 1 aromatic heterocycles. The van der Waals surface area contributed by atoms with Gasteiger partial charge in [0.15, 0.2) is 0 Å². The van der Waals surface area contributed by atoms with Gasteiger partial charge in [0, 0.05) is 23.4 Å². The summed E-state index contributed by atoms with van der Waals surface area (Å²) in [6.45, 7) is 1.59. The number of amides is 1. The average molecular weight is 433 g/mol. The molecule has 1 atom stereocenters. The highest BCUT2D eigenvalue weighted by atomic mass is 32.2. The highest BCUT2D eigenvalue weighted by Gasteiger charge is 2.33. The third-order valence-electron chi connectivity index (χ3n) is 5.28. The number of carbonyl (C=O) groups is 1. The van der Waals surface area contributed by atoms with E-state index in [-0.39, 0.29) is 24.1 Å². The van der Waals surface area contributed by atoms with Crippen molar-refractivity contribution in [2.75, 3.05) is 10.7 Å². The van der Waals surface area contributed by atoms with Gasteiger partial charge >= 0.3 is 5.69 Å². The lowest BCUT2D eigenvalue weighted by atomic mass is 10.1. The molecule has 2 aromatic carbocycles. The zero-order valence-corrected chi connectivity index (χ0v) is 17.7. The standard InChI is InChI=1S/C23H20N4O3S/c1-2-25-13-17(12-24)22(29)26(23(25)30)14-21(28)27-18-10-6-7-11-20(18)31-15-19(27)16-8-4-3-5-9-16/h3-11,13,19H,2,14-15H2,1H3. The van der Waals surface area contributed by atoms with E-state index in [1.54, 1.807) is 23.6 Å². The maximum Gasteiger partial charge on any atom is 0.331 e. The molecule has 3 aromatic rings. The minimum absolute atomic E-state index is 0.163. The molecule has 8 heteroatoms. The van der Waals surface area contributed by atoms with Crippen LogP contribution in [0, 0.1) is 11.3 Å². The number of nitrogens with zero attached hydrogens (tertiary/aromatic N) is 4. The van der Waals surface area contributed by atoms with E-state index in [0.717, 1.165) is 20.7 Å². The SMILES string of the molecule is CCn1cc(C#N)c(=O)n(CC(=O)N2c3ccccc3SCC2c2ccccc2)c1=O. The third-order valence-corrected chi connectivity index (χ3v) is 6.42. The monoisotopic (exact) mass is 432 g/mol. The Labute approximate surface area is 183 Å². The Morgan fingerprint density at radius 2 is 1.84 bits per heavy atom. The van der Waals surface area contributed by atoms with E-state index in [4.69, 9.17) is 0 Å². The normalized spacial score (nSPS) is 15.2. The van der Waals surface area contributed by atoms with Crippen LogP contribution in [-0.4, -0.2) is 20.8 Å². The smallest absolute Gasteiger partial charge is 0.301 e. The Bertz CT molecular complexity index is 1290. The number of thioether (sulfide) groups is 1. The highest BCUT2D eigenvalue weighted by molar-refractivity contribution is 7.99. The molecule has 7 nitrogen and oxygen atoms in total. The van der Waals surface area contributed by atoms with Crippen molar-refractivity contribution < 1.29 is 4.79 Å². The van der Waals surface area contributed by atoms with Crippen LogP contribution in [0.4, 0.5) is 5.69 Å². The van der Waals surface area contributed by atoms with Gasteiger partial charge in [-0.1, -0.05) is 42.5 Å². The minimum Gasteiger partial charge on any atom is -0.301 e. The number of aryl methyl sites for hydroxylation is 1. The first kappa shape index (κ1) is 20.7. The van der Waals surface area contributed by atoms with Gasteiger partial charge in [0.1, 0.15) is 18.2 Å². The number of aromatic nitrogens is 2. The first-order valence-electron chi connectivity index (χ1n) is 9.88. The number of hydrogen-bond donors (Lipinski definition) is 0. The van der Waals surface area contributed by atoms with Crippen molar-refractivity contribution in [1.29, 1.82) is 5.26 Å². The van der Waals surface area contributed by atoms with E-state index in [9.17, 15) is 19.6 Å². The Morgan fingerprint density at radius 1 is 1.13 bits per heavy atom. The quantitative estimate of drug-likeness (QED) is 0.633. The predicted molar refractivity (Wildman–Crippen MR) is 119 cm³/mol. The van der Waals surface area contributed by atoms with Crippen molar-refractivity contribution in [2.24, 2.45) is 0 Å². The number of benzene rings is 2. The van der Waals surface area contributed by atoms with Gasteiger partial charge < -0.3 is 4.90 Å². The second-order valence-corrected chi connectivity index (χ2v) is 8.15. The minimum atomic E-state index is -0.749. The molecular formula is C23H20N4O3S. The lowest BCUT2D eigenvalue weighted by molar-refractivity contribution is -0.119. The van der Waals surface area contributed by atoms with Crippen LogP contribution in [0.25, 0.3) is 0 Å². The molecule has 0 radical (unpaired) electrons. The summed E-state index contributed by atoms with van der Waals surface area (Å²) in [5.74, 6) is 0.276. The number of fused-ring (bicyclic) bond motifs is 1. The molecule has 0 bridgehead atoms. The molecule has 1 amide bonds. The highest BCUT2D eigenvalue weighted by Crippen LogP contribution is 2.43.